The Morgan fingerprint density at radius 3 is 2.75 bits per heavy atom. The van der Waals surface area contributed by atoms with Crippen molar-refractivity contribution >= 4 is 15.9 Å². The van der Waals surface area contributed by atoms with Crippen LogP contribution in [0.1, 0.15) is 10.5 Å². The van der Waals surface area contributed by atoms with Gasteiger partial charge in [-0.25, -0.2) is 0 Å². The van der Waals surface area contributed by atoms with E-state index in [0.29, 0.717) is 5.56 Å². The molecule has 0 bridgehead atoms. The molecule has 64 valence electrons. The third-order valence-corrected chi connectivity index (χ3v) is 2.19. The van der Waals surface area contributed by atoms with E-state index in [9.17, 15) is 10.1 Å². The summed E-state index contributed by atoms with van der Waals surface area (Å²) < 4.78 is 0. The van der Waals surface area contributed by atoms with E-state index in [0.717, 1.165) is 0 Å². The van der Waals surface area contributed by atoms with E-state index in [2.05, 4.69) is 15.9 Å². The van der Waals surface area contributed by atoms with Crippen LogP contribution in [0.2, 0.25) is 0 Å². The molecule has 1 aromatic rings. The lowest BCUT2D eigenvalue weighted by Gasteiger charge is -2.01. The second-order valence-electron chi connectivity index (χ2n) is 2.22. The van der Waals surface area contributed by atoms with Gasteiger partial charge in [-0.3, -0.25) is 10.1 Å². The number of nitro groups is 1. The zero-order valence-electron chi connectivity index (χ0n) is 5.98. The number of halogens is 1. The average Bonchev–Trinajstić information content (AvgIpc) is 2.03. The Bertz CT molecular complexity index is 302. The summed E-state index contributed by atoms with van der Waals surface area (Å²) in [5, 5.41) is 19.3. The minimum absolute atomic E-state index is 0.0267. The molecular formula is C7H6BrNO3. The molecule has 1 aromatic carbocycles. The van der Waals surface area contributed by atoms with Gasteiger partial charge in [-0.2, -0.15) is 0 Å². The molecule has 12 heavy (non-hydrogen) atoms. The average molecular weight is 232 g/mol. The molecule has 0 aliphatic rings. The number of phenols is 1. The third-order valence-electron chi connectivity index (χ3n) is 1.33. The molecule has 0 saturated heterocycles. The van der Waals surface area contributed by atoms with Crippen molar-refractivity contribution in [1.82, 2.24) is 0 Å². The number of hydrogen-bond donors (Lipinski definition) is 1. The van der Waals surface area contributed by atoms with Gasteiger partial charge in [0.2, 0.25) is 0 Å². The zero-order chi connectivity index (χ0) is 9.14. The molecule has 0 radical (unpaired) electrons. The van der Waals surface area contributed by atoms with Crippen molar-refractivity contribution in [2.45, 2.75) is 4.95 Å². The predicted octanol–water partition coefficient (Wildman–Crippen LogP) is 2.06. The van der Waals surface area contributed by atoms with Crippen LogP contribution in [0, 0.1) is 10.1 Å². The molecule has 0 amide bonds. The summed E-state index contributed by atoms with van der Waals surface area (Å²) in [4.78, 5) is 8.86. The molecular weight excluding hydrogens is 226 g/mol. The van der Waals surface area contributed by atoms with Crippen LogP contribution < -0.4 is 0 Å². The van der Waals surface area contributed by atoms with Crippen molar-refractivity contribution in [2.24, 2.45) is 0 Å². The molecule has 1 rings (SSSR count). The van der Waals surface area contributed by atoms with E-state index in [1.807, 2.05) is 0 Å². The lowest BCUT2D eigenvalue weighted by Crippen LogP contribution is -2.01. The molecule has 1 N–H and O–H groups in total. The Balaban J connectivity index is 2.95. The van der Waals surface area contributed by atoms with Crippen LogP contribution in [0.15, 0.2) is 24.3 Å². The fraction of sp³-hybridized carbons (Fsp3) is 0.143. The quantitative estimate of drug-likeness (QED) is 0.367. The fourth-order valence-corrected chi connectivity index (χ4v) is 1.08. The Morgan fingerprint density at radius 2 is 2.25 bits per heavy atom. The van der Waals surface area contributed by atoms with E-state index in [1.165, 1.54) is 12.1 Å². The van der Waals surface area contributed by atoms with Crippen molar-refractivity contribution in [3.05, 3.63) is 39.9 Å². The fourth-order valence-electron chi connectivity index (χ4n) is 0.795. The molecule has 0 fully saturated rings. The number of alkyl halides is 1. The topological polar surface area (TPSA) is 63.4 Å². The van der Waals surface area contributed by atoms with Crippen LogP contribution in [-0.4, -0.2) is 10.0 Å². The maximum atomic E-state index is 10.3. The van der Waals surface area contributed by atoms with Crippen molar-refractivity contribution in [3.63, 3.8) is 0 Å². The Kier molecular flexibility index (Phi) is 2.65. The van der Waals surface area contributed by atoms with Gasteiger partial charge in [-0.1, -0.05) is 12.1 Å². The molecule has 0 aliphatic heterocycles. The van der Waals surface area contributed by atoms with Crippen LogP contribution in [0.4, 0.5) is 0 Å². The first-order chi connectivity index (χ1) is 5.61. The Labute approximate surface area is 77.1 Å². The summed E-state index contributed by atoms with van der Waals surface area (Å²) in [6.07, 6.45) is 0. The SMILES string of the molecule is O=[N+]([O-])C(Br)c1cccc(O)c1. The van der Waals surface area contributed by atoms with Gasteiger partial charge in [0.1, 0.15) is 5.75 Å². The summed E-state index contributed by atoms with van der Waals surface area (Å²) in [6.45, 7) is 0. The van der Waals surface area contributed by atoms with E-state index < -0.39 is 9.87 Å². The molecule has 0 aromatic heterocycles. The number of aromatic hydroxyl groups is 1. The highest BCUT2D eigenvalue weighted by Crippen LogP contribution is 2.25. The second kappa shape index (κ2) is 3.53. The van der Waals surface area contributed by atoms with Crippen molar-refractivity contribution < 1.29 is 10.0 Å². The van der Waals surface area contributed by atoms with E-state index in [-0.39, 0.29) is 5.75 Å². The number of nitrogens with zero attached hydrogens (tertiary/aromatic N) is 1. The normalized spacial score (nSPS) is 12.4. The van der Waals surface area contributed by atoms with Gasteiger partial charge < -0.3 is 5.11 Å². The Hall–Kier alpha value is -1.10. The van der Waals surface area contributed by atoms with E-state index in [1.54, 1.807) is 12.1 Å². The molecule has 5 heteroatoms. The van der Waals surface area contributed by atoms with Gasteiger partial charge in [-0.05, 0) is 12.1 Å². The summed E-state index contributed by atoms with van der Waals surface area (Å²) in [6, 6.07) is 5.94. The largest absolute Gasteiger partial charge is 0.508 e. The minimum Gasteiger partial charge on any atom is -0.508 e. The van der Waals surface area contributed by atoms with Crippen LogP contribution >= 0.6 is 15.9 Å². The summed E-state index contributed by atoms with van der Waals surface area (Å²) in [7, 11) is 0. The van der Waals surface area contributed by atoms with E-state index >= 15 is 0 Å². The van der Waals surface area contributed by atoms with Crippen LogP contribution in [0.3, 0.4) is 0 Å². The standard InChI is InChI=1S/C7H6BrNO3/c8-7(9(11)12)5-2-1-3-6(10)4-5/h1-4,7,10H. The van der Waals surface area contributed by atoms with Gasteiger partial charge >= 0.3 is 0 Å². The molecule has 1 atom stereocenters. The molecule has 1 unspecified atom stereocenters. The summed E-state index contributed by atoms with van der Waals surface area (Å²) in [5.74, 6) is 0.0267. The first kappa shape index (κ1) is 8.99. The van der Waals surface area contributed by atoms with Crippen molar-refractivity contribution in [3.8, 4) is 5.75 Å². The van der Waals surface area contributed by atoms with Crippen molar-refractivity contribution in [2.75, 3.05) is 0 Å². The van der Waals surface area contributed by atoms with Crippen LogP contribution in [0.5, 0.6) is 5.75 Å². The van der Waals surface area contributed by atoms with Gasteiger partial charge in [0, 0.05) is 26.4 Å². The highest BCUT2D eigenvalue weighted by molar-refractivity contribution is 9.09. The maximum absolute atomic E-state index is 10.3. The number of hydrogen-bond acceptors (Lipinski definition) is 3. The molecule has 0 heterocycles. The van der Waals surface area contributed by atoms with Gasteiger partial charge in [0.15, 0.2) is 0 Å². The first-order valence-electron chi connectivity index (χ1n) is 3.18. The minimum atomic E-state index is -0.954. The highest BCUT2D eigenvalue weighted by Gasteiger charge is 2.17. The number of benzene rings is 1. The van der Waals surface area contributed by atoms with Crippen LogP contribution in [-0.2, 0) is 0 Å². The molecule has 0 aliphatic carbocycles. The van der Waals surface area contributed by atoms with Gasteiger partial charge in [0.25, 0.3) is 4.95 Å². The van der Waals surface area contributed by atoms with E-state index in [4.69, 9.17) is 5.11 Å². The monoisotopic (exact) mass is 231 g/mol. The Morgan fingerprint density at radius 1 is 1.58 bits per heavy atom. The zero-order valence-corrected chi connectivity index (χ0v) is 7.56. The lowest BCUT2D eigenvalue weighted by molar-refractivity contribution is -0.498. The predicted molar refractivity (Wildman–Crippen MR) is 46.8 cm³/mol. The number of phenolic OH excluding ortho intramolecular Hbond substituents is 1. The summed E-state index contributed by atoms with van der Waals surface area (Å²) >= 11 is 2.87. The molecule has 0 saturated carbocycles. The van der Waals surface area contributed by atoms with Gasteiger partial charge in [-0.15, -0.1) is 0 Å². The molecule has 4 nitrogen and oxygen atoms in total. The first-order valence-corrected chi connectivity index (χ1v) is 4.09. The van der Waals surface area contributed by atoms with Gasteiger partial charge in [0.05, 0.1) is 0 Å². The highest BCUT2D eigenvalue weighted by atomic mass is 79.9. The lowest BCUT2D eigenvalue weighted by atomic mass is 10.2. The van der Waals surface area contributed by atoms with Crippen molar-refractivity contribution in [1.29, 1.82) is 0 Å². The molecule has 0 spiro atoms. The maximum Gasteiger partial charge on any atom is 0.291 e. The second-order valence-corrected chi connectivity index (χ2v) is 3.08. The smallest absolute Gasteiger partial charge is 0.291 e. The number of rotatable bonds is 2. The third kappa shape index (κ3) is 1.94. The van der Waals surface area contributed by atoms with Crippen LogP contribution in [0.25, 0.3) is 0 Å². The summed E-state index contributed by atoms with van der Waals surface area (Å²) in [5.41, 5.74) is 0.431.